The highest BCUT2D eigenvalue weighted by Gasteiger charge is 2.32. The lowest BCUT2D eigenvalue weighted by Crippen LogP contribution is -2.49. The second-order valence-electron chi connectivity index (χ2n) is 4.80. The Morgan fingerprint density at radius 2 is 2.13 bits per heavy atom. The van der Waals surface area contributed by atoms with Crippen LogP contribution in [-0.2, 0) is 4.74 Å². The van der Waals surface area contributed by atoms with Gasteiger partial charge in [0.25, 0.3) is 0 Å². The van der Waals surface area contributed by atoms with Gasteiger partial charge in [0.1, 0.15) is 17.9 Å². The maximum Gasteiger partial charge on any atom is 0.410 e. The molecule has 1 rings (SSSR count). The molecule has 5 heteroatoms. The molecular weight excluding hydrogens is 201 g/mol. The molecule has 1 heterocycles. The molecule has 0 spiro atoms. The van der Waals surface area contributed by atoms with Crippen molar-refractivity contribution in [3.05, 3.63) is 0 Å². The predicted octanol–water partition coefficient (Wildman–Crippen LogP) is 1.33. The molecule has 1 saturated heterocycles. The van der Waals surface area contributed by atoms with Gasteiger partial charge in [0, 0.05) is 6.54 Å². The average Bonchev–Trinajstić information content (AvgIpc) is 2.06. The monoisotopic (exact) mass is 219 g/mol. The van der Waals surface area contributed by atoms with E-state index in [1.807, 2.05) is 0 Å². The molecule has 0 aromatic carbocycles. The van der Waals surface area contributed by atoms with E-state index in [1.165, 1.54) is 4.90 Å². The number of likely N-dealkylation sites (tertiary alicyclic amines) is 1. The SMILES string of the molecule is CC(C)(C)OC(=O)N1CC[C@H](F)[C@@H](O)C1. The van der Waals surface area contributed by atoms with Crippen LogP contribution in [-0.4, -0.2) is 47.1 Å². The Balaban J connectivity index is 2.48. The first-order valence-electron chi connectivity index (χ1n) is 5.09. The molecule has 1 amide bonds. The van der Waals surface area contributed by atoms with Gasteiger partial charge in [-0.15, -0.1) is 0 Å². The number of amides is 1. The minimum absolute atomic E-state index is 0.0100. The summed E-state index contributed by atoms with van der Waals surface area (Å²) < 4.78 is 18.0. The zero-order chi connectivity index (χ0) is 11.6. The first kappa shape index (κ1) is 12.2. The lowest BCUT2D eigenvalue weighted by atomic mass is 10.1. The largest absolute Gasteiger partial charge is 0.444 e. The van der Waals surface area contributed by atoms with Gasteiger partial charge in [0.15, 0.2) is 0 Å². The highest BCUT2D eigenvalue weighted by atomic mass is 19.1. The van der Waals surface area contributed by atoms with Gasteiger partial charge in [-0.2, -0.15) is 0 Å². The van der Waals surface area contributed by atoms with Crippen LogP contribution in [0.2, 0.25) is 0 Å². The lowest BCUT2D eigenvalue weighted by molar-refractivity contribution is -0.0203. The lowest BCUT2D eigenvalue weighted by Gasteiger charge is -2.33. The molecule has 1 aliphatic heterocycles. The summed E-state index contributed by atoms with van der Waals surface area (Å²) in [5.41, 5.74) is -0.561. The number of carbonyl (C=O) groups is 1. The fourth-order valence-corrected chi connectivity index (χ4v) is 1.40. The van der Waals surface area contributed by atoms with Crippen LogP contribution < -0.4 is 0 Å². The summed E-state index contributed by atoms with van der Waals surface area (Å²) >= 11 is 0. The standard InChI is InChI=1S/C10H18FNO3/c1-10(2,3)15-9(14)12-5-4-7(11)8(13)6-12/h7-8,13H,4-6H2,1-3H3/t7-,8-/m0/s1. The Hall–Kier alpha value is -0.840. The van der Waals surface area contributed by atoms with Crippen LogP contribution in [0.4, 0.5) is 9.18 Å². The summed E-state index contributed by atoms with van der Waals surface area (Å²) in [7, 11) is 0. The molecule has 0 aromatic heterocycles. The summed E-state index contributed by atoms with van der Waals surface area (Å²) in [6.07, 6.45) is -2.65. The van der Waals surface area contributed by atoms with Crippen LogP contribution >= 0.6 is 0 Å². The molecule has 88 valence electrons. The second kappa shape index (κ2) is 4.35. The van der Waals surface area contributed by atoms with E-state index in [4.69, 9.17) is 4.74 Å². The van der Waals surface area contributed by atoms with Gasteiger partial charge >= 0.3 is 6.09 Å². The number of hydrogen-bond donors (Lipinski definition) is 1. The highest BCUT2D eigenvalue weighted by molar-refractivity contribution is 5.68. The van der Waals surface area contributed by atoms with Crippen LogP contribution in [0.25, 0.3) is 0 Å². The van der Waals surface area contributed by atoms with Crippen molar-refractivity contribution in [3.8, 4) is 0 Å². The number of ether oxygens (including phenoxy) is 1. The summed E-state index contributed by atoms with van der Waals surface area (Å²) in [4.78, 5) is 12.9. The first-order valence-corrected chi connectivity index (χ1v) is 5.09. The number of hydrogen-bond acceptors (Lipinski definition) is 3. The van der Waals surface area contributed by atoms with Gasteiger partial charge in [-0.25, -0.2) is 9.18 Å². The van der Waals surface area contributed by atoms with Crippen LogP contribution in [0.1, 0.15) is 27.2 Å². The quantitative estimate of drug-likeness (QED) is 0.668. The van der Waals surface area contributed by atoms with Gasteiger partial charge in [-0.3, -0.25) is 0 Å². The number of aliphatic hydroxyl groups excluding tert-OH is 1. The van der Waals surface area contributed by atoms with Crippen molar-refractivity contribution in [2.75, 3.05) is 13.1 Å². The Bertz CT molecular complexity index is 239. The Kier molecular flexibility index (Phi) is 3.54. The predicted molar refractivity (Wildman–Crippen MR) is 53.3 cm³/mol. The van der Waals surface area contributed by atoms with Crippen molar-refractivity contribution in [1.82, 2.24) is 4.90 Å². The maximum absolute atomic E-state index is 12.9. The molecule has 0 aromatic rings. The topological polar surface area (TPSA) is 49.8 Å². The van der Waals surface area contributed by atoms with Gasteiger partial charge < -0.3 is 14.7 Å². The van der Waals surface area contributed by atoms with E-state index in [2.05, 4.69) is 0 Å². The third kappa shape index (κ3) is 3.66. The number of carbonyl (C=O) groups excluding carboxylic acids is 1. The van der Waals surface area contributed by atoms with Gasteiger partial charge in [0.2, 0.25) is 0 Å². The summed E-state index contributed by atoms with van der Waals surface area (Å²) in [5, 5.41) is 9.27. The number of nitrogens with zero attached hydrogens (tertiary/aromatic N) is 1. The van der Waals surface area contributed by atoms with Crippen molar-refractivity contribution in [2.24, 2.45) is 0 Å². The number of alkyl halides is 1. The average molecular weight is 219 g/mol. The van der Waals surface area contributed by atoms with E-state index in [0.29, 0.717) is 6.54 Å². The molecule has 1 fully saturated rings. The molecule has 1 N–H and O–H groups in total. The van der Waals surface area contributed by atoms with E-state index in [0.717, 1.165) is 0 Å². The molecule has 4 nitrogen and oxygen atoms in total. The van der Waals surface area contributed by atoms with Crippen molar-refractivity contribution >= 4 is 6.09 Å². The second-order valence-corrected chi connectivity index (χ2v) is 4.80. The zero-order valence-corrected chi connectivity index (χ0v) is 9.36. The minimum Gasteiger partial charge on any atom is -0.444 e. The Labute approximate surface area is 89.0 Å². The van der Waals surface area contributed by atoms with E-state index < -0.39 is 24.0 Å². The van der Waals surface area contributed by atoms with Crippen LogP contribution in [0.3, 0.4) is 0 Å². The normalized spacial score (nSPS) is 27.7. The number of aliphatic hydroxyl groups is 1. The molecular formula is C10H18FNO3. The summed E-state index contributed by atoms with van der Waals surface area (Å²) in [6, 6.07) is 0. The molecule has 0 saturated carbocycles. The number of halogens is 1. The number of piperidine rings is 1. The maximum atomic E-state index is 12.9. The number of β-amino-alcohol motifs (C(OH)–C–C–N with tert-alkyl or cyclic N) is 1. The minimum atomic E-state index is -1.23. The van der Waals surface area contributed by atoms with Crippen molar-refractivity contribution < 1.29 is 19.0 Å². The van der Waals surface area contributed by atoms with Crippen LogP contribution in [0, 0.1) is 0 Å². The Morgan fingerprint density at radius 1 is 1.53 bits per heavy atom. The third-order valence-corrected chi connectivity index (χ3v) is 2.15. The number of rotatable bonds is 0. The van der Waals surface area contributed by atoms with E-state index >= 15 is 0 Å². The molecule has 0 unspecified atom stereocenters. The Morgan fingerprint density at radius 3 is 2.60 bits per heavy atom. The summed E-state index contributed by atoms with van der Waals surface area (Å²) in [5.74, 6) is 0. The fourth-order valence-electron chi connectivity index (χ4n) is 1.40. The van der Waals surface area contributed by atoms with Gasteiger partial charge in [-0.1, -0.05) is 0 Å². The van der Waals surface area contributed by atoms with Crippen molar-refractivity contribution in [1.29, 1.82) is 0 Å². The van der Waals surface area contributed by atoms with E-state index in [1.54, 1.807) is 20.8 Å². The summed E-state index contributed by atoms with van der Waals surface area (Å²) in [6.45, 7) is 5.61. The van der Waals surface area contributed by atoms with Crippen LogP contribution in [0.5, 0.6) is 0 Å². The zero-order valence-electron chi connectivity index (χ0n) is 9.36. The fraction of sp³-hybridized carbons (Fsp3) is 0.900. The molecule has 0 radical (unpaired) electrons. The van der Waals surface area contributed by atoms with Gasteiger partial charge in [0.05, 0.1) is 6.54 Å². The highest BCUT2D eigenvalue weighted by Crippen LogP contribution is 2.17. The first-order chi connectivity index (χ1) is 6.79. The van der Waals surface area contributed by atoms with Crippen LogP contribution in [0.15, 0.2) is 0 Å². The van der Waals surface area contributed by atoms with E-state index in [9.17, 15) is 14.3 Å². The van der Waals surface area contributed by atoms with E-state index in [-0.39, 0.29) is 13.0 Å². The molecule has 1 aliphatic rings. The molecule has 0 aliphatic carbocycles. The van der Waals surface area contributed by atoms with Gasteiger partial charge in [-0.05, 0) is 27.2 Å². The smallest absolute Gasteiger partial charge is 0.410 e. The molecule has 2 atom stereocenters. The van der Waals surface area contributed by atoms with Crippen molar-refractivity contribution in [3.63, 3.8) is 0 Å². The third-order valence-electron chi connectivity index (χ3n) is 2.15. The van der Waals surface area contributed by atoms with Crippen molar-refractivity contribution in [2.45, 2.75) is 45.1 Å². The molecule has 0 bridgehead atoms. The molecule has 15 heavy (non-hydrogen) atoms.